The van der Waals surface area contributed by atoms with Gasteiger partial charge in [0.25, 0.3) is 5.91 Å². The molecule has 2 N–H and O–H groups in total. The highest BCUT2D eigenvalue weighted by atomic mass is 35.5. The summed E-state index contributed by atoms with van der Waals surface area (Å²) in [5, 5.41) is 13.4. The Morgan fingerprint density at radius 3 is 2.38 bits per heavy atom. The first-order valence-corrected chi connectivity index (χ1v) is 7.15. The molecular weight excluding hydrogens is 286 g/mol. The fraction of sp³-hybridized carbons (Fsp3) is 0.235. The predicted octanol–water partition coefficient (Wildman–Crippen LogP) is 3.42. The Morgan fingerprint density at radius 1 is 1.14 bits per heavy atom. The molecule has 110 valence electrons. The number of rotatable bonds is 4. The lowest BCUT2D eigenvalue weighted by Crippen LogP contribution is -2.29. The van der Waals surface area contributed by atoms with Gasteiger partial charge < -0.3 is 10.4 Å². The van der Waals surface area contributed by atoms with Crippen LogP contribution in [0.1, 0.15) is 33.2 Å². The normalized spacial score (nSPS) is 12.0. The van der Waals surface area contributed by atoms with Crippen molar-refractivity contribution >= 4 is 17.5 Å². The molecule has 0 heterocycles. The summed E-state index contributed by atoms with van der Waals surface area (Å²) in [6.07, 6.45) is -0.827. The van der Waals surface area contributed by atoms with Crippen LogP contribution in [0, 0.1) is 13.8 Å². The number of hydrogen-bond acceptors (Lipinski definition) is 2. The number of aliphatic hydroxyl groups excluding tert-OH is 1. The maximum atomic E-state index is 12.3. The summed E-state index contributed by atoms with van der Waals surface area (Å²) >= 11 is 6.03. The summed E-state index contributed by atoms with van der Waals surface area (Å²) in [6.45, 7) is 3.91. The Labute approximate surface area is 129 Å². The number of hydrogen-bond donors (Lipinski definition) is 2. The van der Waals surface area contributed by atoms with Gasteiger partial charge in [-0.1, -0.05) is 48.0 Å². The van der Waals surface area contributed by atoms with Crippen molar-refractivity contribution in [1.29, 1.82) is 0 Å². The molecule has 21 heavy (non-hydrogen) atoms. The zero-order chi connectivity index (χ0) is 15.4. The van der Waals surface area contributed by atoms with Crippen LogP contribution < -0.4 is 5.32 Å². The van der Waals surface area contributed by atoms with Crippen LogP contribution in [0.3, 0.4) is 0 Å². The van der Waals surface area contributed by atoms with Crippen LogP contribution in [0.4, 0.5) is 0 Å². The van der Waals surface area contributed by atoms with Crippen LogP contribution >= 0.6 is 11.6 Å². The lowest BCUT2D eigenvalue weighted by Gasteiger charge is -2.15. The Hall–Kier alpha value is -1.84. The van der Waals surface area contributed by atoms with Crippen LogP contribution in [-0.4, -0.2) is 17.6 Å². The van der Waals surface area contributed by atoms with Gasteiger partial charge in [0, 0.05) is 22.7 Å². The Kier molecular flexibility index (Phi) is 4.99. The molecule has 0 aliphatic carbocycles. The van der Waals surface area contributed by atoms with Gasteiger partial charge in [-0.15, -0.1) is 0 Å². The second-order valence-corrected chi connectivity index (χ2v) is 5.42. The number of aliphatic hydroxyl groups is 1. The molecular formula is C17H18ClNO2. The van der Waals surface area contributed by atoms with Gasteiger partial charge in [-0.05, 0) is 31.0 Å². The van der Waals surface area contributed by atoms with E-state index >= 15 is 0 Å². The Balaban J connectivity index is 2.06. The van der Waals surface area contributed by atoms with Crippen molar-refractivity contribution in [2.24, 2.45) is 0 Å². The molecule has 0 aromatic heterocycles. The number of aryl methyl sites for hydroxylation is 2. The molecule has 0 fully saturated rings. The minimum atomic E-state index is -0.827. The summed E-state index contributed by atoms with van der Waals surface area (Å²) in [4.78, 5) is 12.3. The molecule has 1 amide bonds. The average Bonchev–Trinajstić information content (AvgIpc) is 2.45. The Bertz CT molecular complexity index is 635. The maximum absolute atomic E-state index is 12.3. The van der Waals surface area contributed by atoms with Crippen molar-refractivity contribution < 1.29 is 9.90 Å². The van der Waals surface area contributed by atoms with Crippen LogP contribution in [0.5, 0.6) is 0 Å². The van der Waals surface area contributed by atoms with Gasteiger partial charge in [-0.3, -0.25) is 4.79 Å². The van der Waals surface area contributed by atoms with Crippen molar-refractivity contribution in [3.05, 3.63) is 69.7 Å². The number of benzene rings is 2. The molecule has 0 spiro atoms. The van der Waals surface area contributed by atoms with E-state index in [-0.39, 0.29) is 12.5 Å². The van der Waals surface area contributed by atoms with E-state index in [1.807, 2.05) is 32.0 Å². The zero-order valence-corrected chi connectivity index (χ0v) is 12.8. The van der Waals surface area contributed by atoms with Crippen molar-refractivity contribution in [2.45, 2.75) is 20.0 Å². The summed E-state index contributed by atoms with van der Waals surface area (Å²) in [7, 11) is 0. The first-order valence-electron chi connectivity index (χ1n) is 6.77. The standard InChI is InChI=1S/C17H18ClNO2/c1-11-6-5-7-12(2)16(11)17(21)19-10-15(20)13-8-3-4-9-14(13)18/h3-9,15,20H,10H2,1-2H3,(H,19,21). The predicted molar refractivity (Wildman–Crippen MR) is 84.7 cm³/mol. The highest BCUT2D eigenvalue weighted by molar-refractivity contribution is 6.31. The van der Waals surface area contributed by atoms with Crippen molar-refractivity contribution in [2.75, 3.05) is 6.54 Å². The van der Waals surface area contributed by atoms with Gasteiger partial charge in [0.1, 0.15) is 0 Å². The molecule has 0 bridgehead atoms. The molecule has 1 atom stereocenters. The largest absolute Gasteiger partial charge is 0.387 e. The SMILES string of the molecule is Cc1cccc(C)c1C(=O)NCC(O)c1ccccc1Cl. The monoisotopic (exact) mass is 303 g/mol. The number of nitrogens with one attached hydrogen (secondary N) is 1. The van der Waals surface area contributed by atoms with E-state index in [1.165, 1.54) is 0 Å². The summed E-state index contributed by atoms with van der Waals surface area (Å²) in [6, 6.07) is 12.8. The first kappa shape index (κ1) is 15.5. The molecule has 0 aliphatic rings. The smallest absolute Gasteiger partial charge is 0.251 e. The maximum Gasteiger partial charge on any atom is 0.251 e. The van der Waals surface area contributed by atoms with Gasteiger partial charge in [-0.25, -0.2) is 0 Å². The van der Waals surface area contributed by atoms with Gasteiger partial charge in [0.2, 0.25) is 0 Å². The summed E-state index contributed by atoms with van der Waals surface area (Å²) in [5.74, 6) is -0.184. The molecule has 0 saturated carbocycles. The minimum absolute atomic E-state index is 0.121. The summed E-state index contributed by atoms with van der Waals surface area (Å²) in [5.41, 5.74) is 3.10. The highest BCUT2D eigenvalue weighted by Crippen LogP contribution is 2.22. The highest BCUT2D eigenvalue weighted by Gasteiger charge is 2.15. The molecule has 2 aromatic rings. The van der Waals surface area contributed by atoms with Crippen LogP contribution in [0.25, 0.3) is 0 Å². The molecule has 4 heteroatoms. The number of carbonyl (C=O) groups excluding carboxylic acids is 1. The summed E-state index contributed by atoms with van der Waals surface area (Å²) < 4.78 is 0. The third kappa shape index (κ3) is 3.63. The number of amides is 1. The fourth-order valence-electron chi connectivity index (χ4n) is 2.31. The zero-order valence-electron chi connectivity index (χ0n) is 12.1. The van der Waals surface area contributed by atoms with Crippen LogP contribution in [-0.2, 0) is 0 Å². The average molecular weight is 304 g/mol. The molecule has 0 radical (unpaired) electrons. The van der Waals surface area contributed by atoms with Crippen molar-refractivity contribution in [3.63, 3.8) is 0 Å². The molecule has 0 aliphatic heterocycles. The van der Waals surface area contributed by atoms with E-state index in [1.54, 1.807) is 24.3 Å². The van der Waals surface area contributed by atoms with E-state index in [9.17, 15) is 9.90 Å². The van der Waals surface area contributed by atoms with E-state index in [0.29, 0.717) is 16.1 Å². The first-order chi connectivity index (χ1) is 10.0. The van der Waals surface area contributed by atoms with Gasteiger partial charge in [0.05, 0.1) is 6.10 Å². The lowest BCUT2D eigenvalue weighted by molar-refractivity contribution is 0.0915. The topological polar surface area (TPSA) is 49.3 Å². The fourth-order valence-corrected chi connectivity index (χ4v) is 2.57. The third-order valence-corrected chi connectivity index (χ3v) is 3.77. The van der Waals surface area contributed by atoms with E-state index in [2.05, 4.69) is 5.32 Å². The van der Waals surface area contributed by atoms with Gasteiger partial charge >= 0.3 is 0 Å². The van der Waals surface area contributed by atoms with Crippen LogP contribution in [0.15, 0.2) is 42.5 Å². The quantitative estimate of drug-likeness (QED) is 0.909. The number of halogens is 1. The minimum Gasteiger partial charge on any atom is -0.387 e. The van der Waals surface area contributed by atoms with E-state index < -0.39 is 6.10 Å². The second-order valence-electron chi connectivity index (χ2n) is 5.01. The van der Waals surface area contributed by atoms with E-state index in [0.717, 1.165) is 11.1 Å². The van der Waals surface area contributed by atoms with Gasteiger partial charge in [0.15, 0.2) is 0 Å². The van der Waals surface area contributed by atoms with E-state index in [4.69, 9.17) is 11.6 Å². The third-order valence-electron chi connectivity index (χ3n) is 3.43. The van der Waals surface area contributed by atoms with Crippen LogP contribution in [0.2, 0.25) is 5.02 Å². The number of carbonyl (C=O) groups is 1. The molecule has 2 rings (SSSR count). The lowest BCUT2D eigenvalue weighted by atomic mass is 10.0. The molecule has 0 saturated heterocycles. The second kappa shape index (κ2) is 6.74. The Morgan fingerprint density at radius 2 is 1.76 bits per heavy atom. The molecule has 3 nitrogen and oxygen atoms in total. The van der Waals surface area contributed by atoms with Crippen molar-refractivity contribution in [1.82, 2.24) is 5.32 Å². The van der Waals surface area contributed by atoms with Gasteiger partial charge in [-0.2, -0.15) is 0 Å². The molecule has 2 aromatic carbocycles. The van der Waals surface area contributed by atoms with Crippen molar-refractivity contribution in [3.8, 4) is 0 Å². The molecule has 1 unspecified atom stereocenters.